The van der Waals surface area contributed by atoms with Crippen LogP contribution in [0.2, 0.25) is 0 Å². The molecular weight excluding hydrogens is 270 g/mol. The van der Waals surface area contributed by atoms with Crippen LogP contribution in [-0.2, 0) is 6.54 Å². The van der Waals surface area contributed by atoms with Gasteiger partial charge in [-0.25, -0.2) is 4.98 Å². The van der Waals surface area contributed by atoms with Crippen LogP contribution in [0.4, 0.5) is 0 Å². The first kappa shape index (κ1) is 13.1. The number of hydrogen-bond donors (Lipinski definition) is 1. The molecule has 0 aliphatic carbocycles. The van der Waals surface area contributed by atoms with Crippen molar-refractivity contribution >= 4 is 16.3 Å². The minimum Gasteiger partial charge on any atom is -0.494 e. The fraction of sp³-hybridized carbons (Fsp3) is 0.267. The van der Waals surface area contributed by atoms with Crippen LogP contribution in [0, 0.1) is 0 Å². The summed E-state index contributed by atoms with van der Waals surface area (Å²) in [5.74, 6) is 0.909. The van der Waals surface area contributed by atoms with Crippen LogP contribution in [-0.4, -0.2) is 16.0 Å². The third kappa shape index (κ3) is 2.30. The van der Waals surface area contributed by atoms with Crippen molar-refractivity contribution in [1.82, 2.24) is 9.38 Å². The van der Waals surface area contributed by atoms with Crippen molar-refractivity contribution in [3.8, 4) is 17.0 Å². The van der Waals surface area contributed by atoms with Gasteiger partial charge in [0.1, 0.15) is 5.75 Å². The smallest absolute Gasteiger partial charge is 0.194 e. The van der Waals surface area contributed by atoms with Gasteiger partial charge in [0, 0.05) is 11.9 Å². The van der Waals surface area contributed by atoms with E-state index in [0.717, 1.165) is 40.7 Å². The molecule has 0 saturated carbocycles. The number of nitrogens with zero attached hydrogens (tertiary/aromatic N) is 2. The molecule has 0 amide bonds. The number of ether oxygens (including phenoxy) is 1. The Balaban J connectivity index is 1.96. The van der Waals surface area contributed by atoms with Gasteiger partial charge in [0.2, 0.25) is 0 Å². The lowest BCUT2D eigenvalue weighted by atomic mass is 10.1. The van der Waals surface area contributed by atoms with E-state index in [1.807, 2.05) is 18.3 Å². The number of nitrogens with two attached hydrogens (primary N) is 1. The lowest BCUT2D eigenvalue weighted by Gasteiger charge is -2.06. The van der Waals surface area contributed by atoms with Gasteiger partial charge in [-0.15, -0.1) is 11.3 Å². The minimum atomic E-state index is 0.489. The summed E-state index contributed by atoms with van der Waals surface area (Å²) in [6.45, 7) is 3.34. The lowest BCUT2D eigenvalue weighted by Crippen LogP contribution is -2.01. The zero-order valence-corrected chi connectivity index (χ0v) is 12.2. The number of aromatic nitrogens is 2. The molecule has 0 saturated heterocycles. The average Bonchev–Trinajstić information content (AvgIpc) is 3.07. The van der Waals surface area contributed by atoms with Crippen LogP contribution < -0.4 is 10.5 Å². The summed E-state index contributed by atoms with van der Waals surface area (Å²) >= 11 is 1.63. The van der Waals surface area contributed by atoms with E-state index in [9.17, 15) is 0 Å². The van der Waals surface area contributed by atoms with Crippen molar-refractivity contribution in [3.05, 3.63) is 41.5 Å². The monoisotopic (exact) mass is 287 g/mol. The van der Waals surface area contributed by atoms with Gasteiger partial charge in [0.05, 0.1) is 24.2 Å². The predicted octanol–water partition coefficient (Wildman–Crippen LogP) is 3.31. The molecule has 0 spiro atoms. The van der Waals surface area contributed by atoms with Crippen LogP contribution in [0.15, 0.2) is 35.8 Å². The highest BCUT2D eigenvalue weighted by molar-refractivity contribution is 7.15. The van der Waals surface area contributed by atoms with E-state index >= 15 is 0 Å². The van der Waals surface area contributed by atoms with Gasteiger partial charge < -0.3 is 10.5 Å². The normalized spacial score (nSPS) is 11.1. The summed E-state index contributed by atoms with van der Waals surface area (Å²) in [7, 11) is 0. The molecule has 2 heterocycles. The van der Waals surface area contributed by atoms with Crippen molar-refractivity contribution in [2.24, 2.45) is 5.73 Å². The molecule has 5 heteroatoms. The molecule has 2 N–H and O–H groups in total. The first-order valence-corrected chi connectivity index (χ1v) is 7.58. The first-order chi connectivity index (χ1) is 9.83. The Kier molecular flexibility index (Phi) is 3.71. The Morgan fingerprint density at radius 2 is 2.10 bits per heavy atom. The molecule has 1 aromatic carbocycles. The Hall–Kier alpha value is -1.85. The topological polar surface area (TPSA) is 52.5 Å². The largest absolute Gasteiger partial charge is 0.494 e. The average molecular weight is 287 g/mol. The van der Waals surface area contributed by atoms with Gasteiger partial charge in [0.25, 0.3) is 0 Å². The Morgan fingerprint density at radius 1 is 1.30 bits per heavy atom. The molecule has 3 rings (SSSR count). The summed E-state index contributed by atoms with van der Waals surface area (Å²) in [6.07, 6.45) is 2.86. The van der Waals surface area contributed by atoms with Crippen molar-refractivity contribution in [3.63, 3.8) is 0 Å². The van der Waals surface area contributed by atoms with E-state index in [2.05, 4.69) is 33.8 Å². The number of imidazole rings is 1. The molecule has 20 heavy (non-hydrogen) atoms. The fourth-order valence-electron chi connectivity index (χ4n) is 2.15. The van der Waals surface area contributed by atoms with Crippen LogP contribution in [0.25, 0.3) is 16.2 Å². The molecule has 0 unspecified atom stereocenters. The third-order valence-corrected chi connectivity index (χ3v) is 3.99. The first-order valence-electron chi connectivity index (χ1n) is 6.70. The highest BCUT2D eigenvalue weighted by atomic mass is 32.1. The molecular formula is C15H17N3OS. The SMILES string of the molecule is CCCOc1ccc(-c2csc3ncc(CN)n23)cc1. The molecule has 4 nitrogen and oxygen atoms in total. The Bertz CT molecular complexity index is 700. The molecule has 0 aliphatic rings. The van der Waals surface area contributed by atoms with E-state index < -0.39 is 0 Å². The quantitative estimate of drug-likeness (QED) is 0.783. The van der Waals surface area contributed by atoms with Crippen molar-refractivity contribution in [2.45, 2.75) is 19.9 Å². The van der Waals surface area contributed by atoms with E-state index in [1.165, 1.54) is 0 Å². The second-order valence-electron chi connectivity index (χ2n) is 4.57. The minimum absolute atomic E-state index is 0.489. The van der Waals surface area contributed by atoms with Gasteiger partial charge in [-0.05, 0) is 36.2 Å². The number of thiazole rings is 1. The maximum atomic E-state index is 5.77. The number of benzene rings is 1. The highest BCUT2D eigenvalue weighted by Gasteiger charge is 2.10. The fourth-order valence-corrected chi connectivity index (χ4v) is 3.05. The summed E-state index contributed by atoms with van der Waals surface area (Å²) in [4.78, 5) is 5.35. The zero-order chi connectivity index (χ0) is 13.9. The number of rotatable bonds is 5. The van der Waals surface area contributed by atoms with Crippen LogP contribution in [0.3, 0.4) is 0 Å². The maximum Gasteiger partial charge on any atom is 0.194 e. The van der Waals surface area contributed by atoms with E-state index in [4.69, 9.17) is 10.5 Å². The van der Waals surface area contributed by atoms with Gasteiger partial charge in [-0.1, -0.05) is 6.92 Å². The van der Waals surface area contributed by atoms with Crippen LogP contribution in [0.5, 0.6) is 5.75 Å². The van der Waals surface area contributed by atoms with E-state index in [-0.39, 0.29) is 0 Å². The van der Waals surface area contributed by atoms with Gasteiger partial charge >= 0.3 is 0 Å². The maximum absolute atomic E-state index is 5.77. The van der Waals surface area contributed by atoms with Crippen molar-refractivity contribution in [1.29, 1.82) is 0 Å². The Morgan fingerprint density at radius 3 is 2.80 bits per heavy atom. The Labute approximate surface area is 121 Å². The zero-order valence-electron chi connectivity index (χ0n) is 11.4. The van der Waals surface area contributed by atoms with Crippen LogP contribution in [0.1, 0.15) is 19.0 Å². The second-order valence-corrected chi connectivity index (χ2v) is 5.40. The van der Waals surface area contributed by atoms with Gasteiger partial charge in [-0.3, -0.25) is 4.40 Å². The second kappa shape index (κ2) is 5.64. The molecule has 0 aliphatic heterocycles. The van der Waals surface area contributed by atoms with Gasteiger partial charge in [0.15, 0.2) is 4.96 Å². The van der Waals surface area contributed by atoms with Gasteiger partial charge in [-0.2, -0.15) is 0 Å². The lowest BCUT2D eigenvalue weighted by molar-refractivity contribution is 0.317. The summed E-state index contributed by atoms with van der Waals surface area (Å²) in [5, 5.41) is 2.11. The highest BCUT2D eigenvalue weighted by Crippen LogP contribution is 2.28. The summed E-state index contributed by atoms with van der Waals surface area (Å²) in [6, 6.07) is 8.17. The molecule has 0 radical (unpaired) electrons. The summed E-state index contributed by atoms with van der Waals surface area (Å²) in [5.41, 5.74) is 9.08. The van der Waals surface area contributed by atoms with E-state index in [1.54, 1.807) is 11.3 Å². The number of hydrogen-bond acceptors (Lipinski definition) is 4. The molecule has 104 valence electrons. The van der Waals surface area contributed by atoms with E-state index in [0.29, 0.717) is 6.54 Å². The molecule has 3 aromatic rings. The molecule has 0 bridgehead atoms. The molecule has 2 aromatic heterocycles. The van der Waals surface area contributed by atoms with Crippen LogP contribution >= 0.6 is 11.3 Å². The standard InChI is InChI=1S/C15H17N3OS/c1-2-7-19-13-5-3-11(4-6-13)14-10-20-15-17-9-12(8-16)18(14)15/h3-6,9-10H,2,7-8,16H2,1H3. The summed E-state index contributed by atoms with van der Waals surface area (Å²) < 4.78 is 7.73. The predicted molar refractivity (Wildman–Crippen MR) is 82.2 cm³/mol. The van der Waals surface area contributed by atoms with Crippen molar-refractivity contribution < 1.29 is 4.74 Å². The molecule has 0 atom stereocenters. The molecule has 0 fully saturated rings. The third-order valence-electron chi connectivity index (χ3n) is 3.15. The number of fused-ring (bicyclic) bond motifs is 1. The van der Waals surface area contributed by atoms with Crippen molar-refractivity contribution in [2.75, 3.05) is 6.61 Å².